The molecule has 1 aliphatic carbocycles. The van der Waals surface area contributed by atoms with Crippen molar-refractivity contribution in [1.82, 2.24) is 10.2 Å². The molecule has 1 aliphatic heterocycles. The molecule has 3 atom stereocenters. The van der Waals surface area contributed by atoms with Crippen molar-refractivity contribution in [3.8, 4) is 0 Å². The van der Waals surface area contributed by atoms with Gasteiger partial charge in [0.15, 0.2) is 0 Å². The second-order valence-corrected chi connectivity index (χ2v) is 5.81. The molecule has 2 aliphatic rings. The summed E-state index contributed by atoms with van der Waals surface area (Å²) in [7, 11) is 0. The molecule has 0 amide bonds. The molecule has 0 aromatic carbocycles. The summed E-state index contributed by atoms with van der Waals surface area (Å²) < 4.78 is 0. The summed E-state index contributed by atoms with van der Waals surface area (Å²) >= 11 is 0. The molecule has 1 saturated heterocycles. The molecule has 2 rings (SSSR count). The molecule has 2 fully saturated rings. The van der Waals surface area contributed by atoms with Gasteiger partial charge in [0.05, 0.1) is 0 Å². The predicted octanol–water partition coefficient (Wildman–Crippen LogP) is 2.50. The molecule has 1 N–H and O–H groups in total. The number of hydrogen-bond donors (Lipinski definition) is 1. The Balaban J connectivity index is 1.64. The first kappa shape index (κ1) is 12.4. The van der Waals surface area contributed by atoms with E-state index in [1.165, 1.54) is 58.3 Å². The van der Waals surface area contributed by atoms with Gasteiger partial charge in [0.25, 0.3) is 0 Å². The third-order valence-electron chi connectivity index (χ3n) is 4.52. The number of hydrogen-bond acceptors (Lipinski definition) is 2. The van der Waals surface area contributed by atoms with Crippen LogP contribution in [0, 0.1) is 11.8 Å². The van der Waals surface area contributed by atoms with Crippen LogP contribution in [0.1, 0.15) is 46.0 Å². The van der Waals surface area contributed by atoms with Gasteiger partial charge in [-0.3, -0.25) is 4.90 Å². The van der Waals surface area contributed by atoms with Crippen LogP contribution in [-0.2, 0) is 0 Å². The highest BCUT2D eigenvalue weighted by atomic mass is 15.2. The van der Waals surface area contributed by atoms with E-state index in [2.05, 4.69) is 24.1 Å². The van der Waals surface area contributed by atoms with Gasteiger partial charge in [-0.15, -0.1) is 0 Å². The maximum absolute atomic E-state index is 3.59. The van der Waals surface area contributed by atoms with E-state index in [4.69, 9.17) is 0 Å². The first-order valence-electron chi connectivity index (χ1n) is 7.26. The average molecular weight is 224 g/mol. The van der Waals surface area contributed by atoms with Crippen LogP contribution in [0.25, 0.3) is 0 Å². The molecule has 1 heterocycles. The van der Waals surface area contributed by atoms with E-state index in [0.29, 0.717) is 0 Å². The Bertz CT molecular complexity index is 193. The third-order valence-corrected chi connectivity index (χ3v) is 4.52. The smallest absolute Gasteiger partial charge is 0.0192 e. The predicted molar refractivity (Wildman–Crippen MR) is 69.6 cm³/mol. The van der Waals surface area contributed by atoms with Gasteiger partial charge in [-0.25, -0.2) is 0 Å². The molecule has 0 bridgehead atoms. The quantitative estimate of drug-likeness (QED) is 0.697. The maximum Gasteiger partial charge on any atom is 0.0192 e. The number of fused-ring (bicyclic) bond motifs is 1. The van der Waals surface area contributed by atoms with Gasteiger partial charge in [0, 0.05) is 25.7 Å². The number of likely N-dealkylation sites (tertiary alicyclic amines) is 1. The molecule has 2 heteroatoms. The highest BCUT2D eigenvalue weighted by Crippen LogP contribution is 2.38. The van der Waals surface area contributed by atoms with Crippen molar-refractivity contribution in [2.75, 3.05) is 26.2 Å². The average Bonchev–Trinajstić information content (AvgIpc) is 2.83. The number of nitrogens with zero attached hydrogens (tertiary/aromatic N) is 1. The molecule has 0 spiro atoms. The van der Waals surface area contributed by atoms with Crippen molar-refractivity contribution in [2.45, 2.75) is 52.0 Å². The lowest BCUT2D eigenvalue weighted by Gasteiger charge is -2.25. The molecule has 0 aromatic rings. The third kappa shape index (κ3) is 2.98. The lowest BCUT2D eigenvalue weighted by atomic mass is 10.0. The van der Waals surface area contributed by atoms with E-state index in [1.54, 1.807) is 0 Å². The highest BCUT2D eigenvalue weighted by molar-refractivity contribution is 4.90. The van der Waals surface area contributed by atoms with E-state index < -0.39 is 0 Å². The summed E-state index contributed by atoms with van der Waals surface area (Å²) in [5, 5.41) is 3.59. The van der Waals surface area contributed by atoms with E-state index in [9.17, 15) is 0 Å². The highest BCUT2D eigenvalue weighted by Gasteiger charge is 2.37. The molecular formula is C14H28N2. The Morgan fingerprint density at radius 3 is 2.56 bits per heavy atom. The SMILES string of the molecule is CCCCNCC(C)N1CC2CCCC2C1. The summed E-state index contributed by atoms with van der Waals surface area (Å²) in [4.78, 5) is 2.72. The van der Waals surface area contributed by atoms with E-state index in [1.807, 2.05) is 0 Å². The molecule has 0 aromatic heterocycles. The Morgan fingerprint density at radius 2 is 1.94 bits per heavy atom. The minimum Gasteiger partial charge on any atom is -0.315 e. The second kappa shape index (κ2) is 6.02. The Labute approximate surface area is 101 Å². The van der Waals surface area contributed by atoms with Crippen LogP contribution < -0.4 is 5.32 Å². The van der Waals surface area contributed by atoms with Gasteiger partial charge < -0.3 is 5.32 Å². The topological polar surface area (TPSA) is 15.3 Å². The Hall–Kier alpha value is -0.0800. The van der Waals surface area contributed by atoms with E-state index in [-0.39, 0.29) is 0 Å². The molecule has 2 nitrogen and oxygen atoms in total. The van der Waals surface area contributed by atoms with Crippen LogP contribution in [0.3, 0.4) is 0 Å². The first-order valence-corrected chi connectivity index (χ1v) is 7.26. The maximum atomic E-state index is 3.59. The molecule has 1 saturated carbocycles. The van der Waals surface area contributed by atoms with Gasteiger partial charge in [0.2, 0.25) is 0 Å². The van der Waals surface area contributed by atoms with Crippen molar-refractivity contribution in [2.24, 2.45) is 11.8 Å². The Kier molecular flexibility index (Phi) is 4.66. The van der Waals surface area contributed by atoms with Crippen molar-refractivity contribution in [3.63, 3.8) is 0 Å². The molecule has 94 valence electrons. The van der Waals surface area contributed by atoms with Crippen molar-refractivity contribution in [3.05, 3.63) is 0 Å². The fourth-order valence-electron chi connectivity index (χ4n) is 3.37. The minimum absolute atomic E-state index is 0.738. The molecule has 16 heavy (non-hydrogen) atoms. The van der Waals surface area contributed by atoms with Gasteiger partial charge in [0.1, 0.15) is 0 Å². The van der Waals surface area contributed by atoms with Gasteiger partial charge in [-0.05, 0) is 44.6 Å². The number of unbranched alkanes of at least 4 members (excludes halogenated alkanes) is 1. The fraction of sp³-hybridized carbons (Fsp3) is 1.00. The van der Waals surface area contributed by atoms with Crippen molar-refractivity contribution >= 4 is 0 Å². The van der Waals surface area contributed by atoms with Crippen LogP contribution in [0.15, 0.2) is 0 Å². The van der Waals surface area contributed by atoms with Crippen LogP contribution in [-0.4, -0.2) is 37.1 Å². The lowest BCUT2D eigenvalue weighted by molar-refractivity contribution is 0.233. The number of rotatable bonds is 6. The molecule has 3 unspecified atom stereocenters. The fourth-order valence-corrected chi connectivity index (χ4v) is 3.37. The summed E-state index contributed by atoms with van der Waals surface area (Å²) in [6, 6.07) is 0.738. The van der Waals surface area contributed by atoms with Gasteiger partial charge in [-0.1, -0.05) is 19.8 Å². The summed E-state index contributed by atoms with van der Waals surface area (Å²) in [6.07, 6.45) is 7.10. The van der Waals surface area contributed by atoms with Crippen molar-refractivity contribution < 1.29 is 0 Å². The van der Waals surface area contributed by atoms with Gasteiger partial charge >= 0.3 is 0 Å². The van der Waals surface area contributed by atoms with Crippen LogP contribution in [0.2, 0.25) is 0 Å². The second-order valence-electron chi connectivity index (χ2n) is 5.81. The normalized spacial score (nSPS) is 31.9. The zero-order valence-electron chi connectivity index (χ0n) is 11.0. The lowest BCUT2D eigenvalue weighted by Crippen LogP contribution is -2.39. The number of nitrogens with one attached hydrogen (secondary N) is 1. The van der Waals surface area contributed by atoms with E-state index >= 15 is 0 Å². The van der Waals surface area contributed by atoms with Crippen molar-refractivity contribution in [1.29, 1.82) is 0 Å². The van der Waals surface area contributed by atoms with Crippen LogP contribution in [0.5, 0.6) is 0 Å². The van der Waals surface area contributed by atoms with Crippen LogP contribution in [0.4, 0.5) is 0 Å². The summed E-state index contributed by atoms with van der Waals surface area (Å²) in [5.41, 5.74) is 0. The summed E-state index contributed by atoms with van der Waals surface area (Å²) in [6.45, 7) is 9.77. The zero-order valence-corrected chi connectivity index (χ0v) is 11.0. The standard InChI is InChI=1S/C14H28N2/c1-3-4-8-15-9-12(2)16-10-13-6-5-7-14(13)11-16/h12-15H,3-11H2,1-2H3. The largest absolute Gasteiger partial charge is 0.315 e. The first-order chi connectivity index (χ1) is 7.81. The zero-order chi connectivity index (χ0) is 11.4. The van der Waals surface area contributed by atoms with Crippen LogP contribution >= 0.6 is 0 Å². The monoisotopic (exact) mass is 224 g/mol. The minimum atomic E-state index is 0.738. The van der Waals surface area contributed by atoms with Gasteiger partial charge in [-0.2, -0.15) is 0 Å². The Morgan fingerprint density at radius 1 is 1.25 bits per heavy atom. The molecular weight excluding hydrogens is 196 g/mol. The molecule has 0 radical (unpaired) electrons. The summed E-state index contributed by atoms with van der Waals surface area (Å²) in [5.74, 6) is 2.08. The van der Waals surface area contributed by atoms with E-state index in [0.717, 1.165) is 17.9 Å².